The van der Waals surface area contributed by atoms with E-state index in [1.54, 1.807) is 18.2 Å². The van der Waals surface area contributed by atoms with E-state index in [2.05, 4.69) is 15.0 Å². The first-order chi connectivity index (χ1) is 11.4. The summed E-state index contributed by atoms with van der Waals surface area (Å²) in [6.45, 7) is -0.100. The molecule has 0 aromatic carbocycles. The van der Waals surface area contributed by atoms with Gasteiger partial charge < -0.3 is 9.63 Å². The van der Waals surface area contributed by atoms with Crippen molar-refractivity contribution >= 4 is 32.1 Å². The Hall–Kier alpha value is -1.61. The number of thiazole rings is 1. The van der Waals surface area contributed by atoms with E-state index >= 15 is 0 Å². The first kappa shape index (κ1) is 17.2. The summed E-state index contributed by atoms with van der Waals surface area (Å²) in [5.74, 6) is 0.229. The molecule has 5 nitrogen and oxygen atoms in total. The lowest BCUT2D eigenvalue weighted by Gasteiger charge is -2.04. The molecule has 1 N–H and O–H groups in total. The molecule has 1 atom stereocenters. The number of alkyl halides is 3. The van der Waals surface area contributed by atoms with Crippen LogP contribution in [0.25, 0.3) is 21.4 Å². The van der Waals surface area contributed by atoms with E-state index < -0.39 is 11.9 Å². The average molecular weight is 391 g/mol. The average Bonchev–Trinajstić information content (AvgIpc) is 3.23. The van der Waals surface area contributed by atoms with Crippen LogP contribution in [0.3, 0.4) is 0 Å². The molecule has 3 rings (SSSR count). The highest BCUT2D eigenvalue weighted by atomic mass is 32.1. The van der Waals surface area contributed by atoms with Gasteiger partial charge in [0.25, 0.3) is 0 Å². The molecular formula is C13H9F3N3O2PS2. The summed E-state index contributed by atoms with van der Waals surface area (Å²) in [7, 11) is 2.03. The van der Waals surface area contributed by atoms with Gasteiger partial charge in [0.15, 0.2) is 16.5 Å². The van der Waals surface area contributed by atoms with E-state index in [0.717, 1.165) is 26.5 Å². The minimum absolute atomic E-state index is 0.0457. The lowest BCUT2D eigenvalue weighted by Crippen LogP contribution is -2.05. The van der Waals surface area contributed by atoms with Gasteiger partial charge in [-0.15, -0.1) is 22.7 Å². The predicted octanol–water partition coefficient (Wildman–Crippen LogP) is 4.01. The van der Waals surface area contributed by atoms with Gasteiger partial charge in [-0.05, 0) is 12.1 Å². The van der Waals surface area contributed by atoms with E-state index in [1.807, 2.05) is 9.47 Å². The number of hydrogen-bond donors (Lipinski definition) is 1. The van der Waals surface area contributed by atoms with Crippen molar-refractivity contribution in [3.05, 3.63) is 34.2 Å². The summed E-state index contributed by atoms with van der Waals surface area (Å²) in [5, 5.41) is 10.1. The highest BCUT2D eigenvalue weighted by Gasteiger charge is 2.34. The van der Waals surface area contributed by atoms with Crippen molar-refractivity contribution < 1.29 is 22.8 Å². The smallest absolute Gasteiger partial charge is 0.434 e. The van der Waals surface area contributed by atoms with Gasteiger partial charge in [0.1, 0.15) is 0 Å². The van der Waals surface area contributed by atoms with Crippen molar-refractivity contribution in [2.75, 3.05) is 0 Å². The zero-order chi connectivity index (χ0) is 17.3. The van der Waals surface area contributed by atoms with Crippen LogP contribution in [-0.4, -0.2) is 20.1 Å². The van der Waals surface area contributed by atoms with E-state index in [4.69, 9.17) is 9.63 Å². The van der Waals surface area contributed by atoms with Gasteiger partial charge in [-0.3, -0.25) is 0 Å². The van der Waals surface area contributed by atoms with Crippen LogP contribution in [0.1, 0.15) is 10.6 Å². The predicted molar refractivity (Wildman–Crippen MR) is 87.7 cm³/mol. The van der Waals surface area contributed by atoms with E-state index in [9.17, 15) is 13.2 Å². The van der Waals surface area contributed by atoms with Crippen molar-refractivity contribution in [1.82, 2.24) is 15.0 Å². The monoisotopic (exact) mass is 391 g/mol. The lowest BCUT2D eigenvalue weighted by molar-refractivity contribution is -0.140. The Morgan fingerprint density at radius 2 is 2.00 bits per heavy atom. The largest absolute Gasteiger partial charge is 0.463 e. The van der Waals surface area contributed by atoms with Gasteiger partial charge in [0.2, 0.25) is 5.88 Å². The number of rotatable bonds is 4. The summed E-state index contributed by atoms with van der Waals surface area (Å²) >= 11 is 2.13. The second-order valence-corrected chi connectivity index (χ2v) is 6.75. The van der Waals surface area contributed by atoms with Crippen LogP contribution >= 0.6 is 32.1 Å². The first-order valence-corrected chi connectivity index (χ1v) is 8.56. The molecule has 0 fully saturated rings. The molecule has 0 amide bonds. The van der Waals surface area contributed by atoms with Gasteiger partial charge in [-0.25, -0.2) is 9.97 Å². The number of hydrogen-bond acceptors (Lipinski definition) is 7. The second kappa shape index (κ2) is 6.72. The molecule has 3 heterocycles. The van der Waals surface area contributed by atoms with Crippen LogP contribution in [0.15, 0.2) is 23.6 Å². The summed E-state index contributed by atoms with van der Waals surface area (Å²) in [6.07, 6.45) is -4.52. The number of thiophene rings is 1. The standard InChI is InChI=1S/C13H9F3N3O2PS2/c14-13(15,16)9-5-23-12(18-9)11-17-7(3-10(19-11)21-22)8-2-1-6(4-20)24-8/h1-3,5,20H,4,22H2. The molecule has 126 valence electrons. The number of aliphatic hydroxyl groups is 1. The Bertz CT molecular complexity index is 866. The maximum absolute atomic E-state index is 12.7. The number of nitrogens with zero attached hydrogens (tertiary/aromatic N) is 3. The topological polar surface area (TPSA) is 68.1 Å². The SMILES string of the molecule is OCc1ccc(-c2cc(OP)nc(-c3nc(C(F)(F)F)cs3)n2)s1. The van der Waals surface area contributed by atoms with Crippen LogP contribution in [0, 0.1) is 0 Å². The second-order valence-electron chi connectivity index (χ2n) is 4.49. The van der Waals surface area contributed by atoms with Crippen molar-refractivity contribution in [3.63, 3.8) is 0 Å². The third-order valence-electron chi connectivity index (χ3n) is 2.88. The fraction of sp³-hybridized carbons (Fsp3) is 0.154. The maximum Gasteiger partial charge on any atom is 0.434 e. The maximum atomic E-state index is 12.7. The molecule has 0 aliphatic heterocycles. The van der Waals surface area contributed by atoms with E-state index in [1.165, 1.54) is 11.3 Å². The molecule has 0 aliphatic rings. The summed E-state index contributed by atoms with van der Waals surface area (Å²) in [4.78, 5) is 13.4. The van der Waals surface area contributed by atoms with Crippen LogP contribution in [0.2, 0.25) is 0 Å². The Morgan fingerprint density at radius 3 is 2.58 bits per heavy atom. The molecule has 0 radical (unpaired) electrons. The highest BCUT2D eigenvalue weighted by molar-refractivity contribution is 7.15. The zero-order valence-corrected chi connectivity index (χ0v) is 14.5. The summed E-state index contributed by atoms with van der Waals surface area (Å²) in [6, 6.07) is 5.06. The molecule has 0 aliphatic carbocycles. The first-order valence-electron chi connectivity index (χ1n) is 6.39. The Kier molecular flexibility index (Phi) is 4.82. The summed E-state index contributed by atoms with van der Waals surface area (Å²) in [5.41, 5.74) is -0.505. The Labute approximate surface area is 144 Å². The number of halogens is 3. The van der Waals surface area contributed by atoms with Crippen LogP contribution in [0.5, 0.6) is 5.88 Å². The number of aliphatic hydroxyl groups excluding tert-OH is 1. The van der Waals surface area contributed by atoms with Gasteiger partial charge in [0, 0.05) is 16.3 Å². The molecular weight excluding hydrogens is 382 g/mol. The normalized spacial score (nSPS) is 11.7. The van der Waals surface area contributed by atoms with Crippen molar-refractivity contribution in [1.29, 1.82) is 0 Å². The minimum Gasteiger partial charge on any atom is -0.463 e. The fourth-order valence-electron chi connectivity index (χ4n) is 1.81. The molecule has 11 heteroatoms. The highest BCUT2D eigenvalue weighted by Crippen LogP contribution is 2.35. The fourth-order valence-corrected chi connectivity index (χ4v) is 3.52. The molecule has 1 unspecified atom stereocenters. The lowest BCUT2D eigenvalue weighted by atomic mass is 10.3. The van der Waals surface area contributed by atoms with Crippen molar-refractivity contribution in [2.24, 2.45) is 0 Å². The van der Waals surface area contributed by atoms with Crippen LogP contribution < -0.4 is 4.52 Å². The minimum atomic E-state index is -4.52. The van der Waals surface area contributed by atoms with Gasteiger partial charge in [-0.1, -0.05) is 0 Å². The van der Waals surface area contributed by atoms with Crippen molar-refractivity contribution in [3.8, 4) is 27.3 Å². The molecule has 0 bridgehead atoms. The Morgan fingerprint density at radius 1 is 1.21 bits per heavy atom. The Balaban J connectivity index is 2.05. The van der Waals surface area contributed by atoms with Crippen LogP contribution in [-0.2, 0) is 12.8 Å². The molecule has 24 heavy (non-hydrogen) atoms. The van der Waals surface area contributed by atoms with Gasteiger partial charge in [-0.2, -0.15) is 18.2 Å². The molecule has 0 spiro atoms. The molecule has 3 aromatic rings. The van der Waals surface area contributed by atoms with Gasteiger partial charge in [0.05, 0.1) is 26.6 Å². The quantitative estimate of drug-likeness (QED) is 0.681. The van der Waals surface area contributed by atoms with E-state index in [-0.39, 0.29) is 23.3 Å². The zero-order valence-electron chi connectivity index (χ0n) is 11.7. The van der Waals surface area contributed by atoms with E-state index in [0.29, 0.717) is 5.69 Å². The molecule has 3 aromatic heterocycles. The summed E-state index contributed by atoms with van der Waals surface area (Å²) < 4.78 is 43.1. The third kappa shape index (κ3) is 3.56. The molecule has 0 saturated carbocycles. The number of aromatic nitrogens is 3. The van der Waals surface area contributed by atoms with Crippen LogP contribution in [0.4, 0.5) is 13.2 Å². The third-order valence-corrected chi connectivity index (χ3v) is 5.05. The molecule has 0 saturated heterocycles. The van der Waals surface area contributed by atoms with Crippen molar-refractivity contribution in [2.45, 2.75) is 12.8 Å². The van der Waals surface area contributed by atoms with Gasteiger partial charge >= 0.3 is 6.18 Å².